The molecule has 0 bridgehead atoms. The normalized spacial score (nSPS) is 19.1. The van der Waals surface area contributed by atoms with Gasteiger partial charge in [0.15, 0.2) is 0 Å². The molecule has 3 nitrogen and oxygen atoms in total. The topological polar surface area (TPSA) is 15.7 Å². The summed E-state index contributed by atoms with van der Waals surface area (Å²) in [6, 6.07) is 0. The summed E-state index contributed by atoms with van der Waals surface area (Å²) in [5.74, 6) is 0. The van der Waals surface area contributed by atoms with E-state index in [9.17, 15) is 0 Å². The van der Waals surface area contributed by atoms with Gasteiger partial charge < -0.3 is 4.74 Å². The molecule has 0 spiro atoms. The first-order chi connectivity index (χ1) is 8.66. The van der Waals surface area contributed by atoms with Crippen LogP contribution in [0.25, 0.3) is 0 Å². The molecule has 1 rings (SSSR count). The number of nitrogens with zero attached hydrogens (tertiary/aromatic N) is 2. The van der Waals surface area contributed by atoms with Crippen LogP contribution in [0, 0.1) is 0 Å². The van der Waals surface area contributed by atoms with E-state index in [2.05, 4.69) is 62.8 Å². The highest BCUT2D eigenvalue weighted by molar-refractivity contribution is 7.82. The second-order valence-electron chi connectivity index (χ2n) is 6.79. The third-order valence-electron chi connectivity index (χ3n) is 3.06. The van der Waals surface area contributed by atoms with Crippen LogP contribution in [0.1, 0.15) is 27.7 Å². The van der Waals surface area contributed by atoms with Crippen LogP contribution in [0.15, 0.2) is 0 Å². The van der Waals surface area contributed by atoms with Crippen molar-refractivity contribution in [3.8, 4) is 0 Å². The Morgan fingerprint density at radius 3 is 1.89 bits per heavy atom. The van der Waals surface area contributed by atoms with Gasteiger partial charge in [0.05, 0.1) is 13.2 Å². The molecule has 0 unspecified atom stereocenters. The molecule has 0 aromatic heterocycles. The summed E-state index contributed by atoms with van der Waals surface area (Å²) in [5, 5.41) is 0. The molecule has 1 aliphatic heterocycles. The Balaban J connectivity index is 2.43. The molecule has 0 aromatic rings. The van der Waals surface area contributed by atoms with Crippen LogP contribution in [0.2, 0.25) is 0 Å². The monoisotopic (exact) mass is 306 g/mol. The summed E-state index contributed by atoms with van der Waals surface area (Å²) in [7, 11) is 0. The molecule has 1 fully saturated rings. The van der Waals surface area contributed by atoms with Gasteiger partial charge in [-0.25, -0.2) is 0 Å². The number of ether oxygens (including phenoxy) is 1. The summed E-state index contributed by atoms with van der Waals surface area (Å²) in [5.41, 5.74) is 0. The van der Waals surface area contributed by atoms with Crippen LogP contribution >= 0.6 is 25.3 Å². The molecule has 0 amide bonds. The maximum Gasteiger partial charge on any atom is 0.0594 e. The van der Waals surface area contributed by atoms with Crippen LogP contribution in [0.3, 0.4) is 0 Å². The van der Waals surface area contributed by atoms with Gasteiger partial charge in [0.2, 0.25) is 0 Å². The Bertz CT molecular complexity index is 239. The van der Waals surface area contributed by atoms with Gasteiger partial charge in [-0.2, -0.15) is 25.3 Å². The van der Waals surface area contributed by atoms with Gasteiger partial charge in [-0.3, -0.25) is 9.80 Å². The van der Waals surface area contributed by atoms with Crippen LogP contribution < -0.4 is 0 Å². The fourth-order valence-electron chi connectivity index (χ4n) is 2.42. The molecule has 5 heteroatoms. The van der Waals surface area contributed by atoms with Gasteiger partial charge in [-0.1, -0.05) is 0 Å². The maximum absolute atomic E-state index is 5.39. The first-order valence-electron chi connectivity index (χ1n) is 7.13. The number of hydrogen-bond acceptors (Lipinski definition) is 5. The molecule has 0 atom stereocenters. The fraction of sp³-hybridized carbons (Fsp3) is 1.00. The lowest BCUT2D eigenvalue weighted by Crippen LogP contribution is -2.47. The Morgan fingerprint density at radius 1 is 1.00 bits per heavy atom. The minimum atomic E-state index is 0.0318. The van der Waals surface area contributed by atoms with Gasteiger partial charge >= 0.3 is 0 Å². The molecule has 1 aliphatic rings. The zero-order chi connectivity index (χ0) is 14.5. The van der Waals surface area contributed by atoms with E-state index in [1.165, 1.54) is 0 Å². The van der Waals surface area contributed by atoms with E-state index in [1.807, 2.05) is 0 Å². The van der Waals surface area contributed by atoms with Crippen molar-refractivity contribution in [2.45, 2.75) is 37.2 Å². The van der Waals surface area contributed by atoms with Crippen LogP contribution in [0.5, 0.6) is 0 Å². The zero-order valence-electron chi connectivity index (χ0n) is 12.9. The molecule has 0 radical (unpaired) electrons. The maximum atomic E-state index is 5.39. The average molecular weight is 307 g/mol. The minimum absolute atomic E-state index is 0.0318. The van der Waals surface area contributed by atoms with Crippen molar-refractivity contribution in [2.75, 3.05) is 52.5 Å². The smallest absolute Gasteiger partial charge is 0.0594 e. The molecule has 1 saturated heterocycles. The van der Waals surface area contributed by atoms with Crippen molar-refractivity contribution in [1.82, 2.24) is 9.80 Å². The summed E-state index contributed by atoms with van der Waals surface area (Å²) >= 11 is 9.33. The third-order valence-corrected chi connectivity index (χ3v) is 3.34. The Hall–Kier alpha value is 0.580. The first kappa shape index (κ1) is 17.6. The van der Waals surface area contributed by atoms with E-state index in [0.717, 1.165) is 52.5 Å². The van der Waals surface area contributed by atoms with Gasteiger partial charge in [0.25, 0.3) is 0 Å². The van der Waals surface area contributed by atoms with E-state index in [-0.39, 0.29) is 9.49 Å². The molecule has 0 aromatic carbocycles. The molecular formula is C14H30N2OS2. The van der Waals surface area contributed by atoms with E-state index in [0.29, 0.717) is 0 Å². The zero-order valence-corrected chi connectivity index (χ0v) is 14.6. The van der Waals surface area contributed by atoms with E-state index in [4.69, 9.17) is 4.74 Å². The lowest BCUT2D eigenvalue weighted by atomic mass is 10.1. The molecule has 1 heterocycles. The third kappa shape index (κ3) is 9.19. The van der Waals surface area contributed by atoms with Gasteiger partial charge in [-0.15, -0.1) is 0 Å². The second kappa shape index (κ2) is 7.55. The lowest BCUT2D eigenvalue weighted by molar-refractivity contribution is 0.0327. The Morgan fingerprint density at radius 2 is 1.47 bits per heavy atom. The van der Waals surface area contributed by atoms with Crippen molar-refractivity contribution in [2.24, 2.45) is 0 Å². The second-order valence-corrected chi connectivity index (χ2v) is 9.21. The van der Waals surface area contributed by atoms with Crippen molar-refractivity contribution >= 4 is 25.3 Å². The molecule has 0 aliphatic carbocycles. The van der Waals surface area contributed by atoms with E-state index in [1.54, 1.807) is 0 Å². The number of hydrogen-bond donors (Lipinski definition) is 2. The highest BCUT2D eigenvalue weighted by atomic mass is 32.1. The molecular weight excluding hydrogens is 276 g/mol. The van der Waals surface area contributed by atoms with Crippen LogP contribution in [-0.2, 0) is 4.74 Å². The first-order valence-corrected chi connectivity index (χ1v) is 8.02. The van der Waals surface area contributed by atoms with Gasteiger partial charge in [0.1, 0.15) is 0 Å². The van der Waals surface area contributed by atoms with Gasteiger partial charge in [-0.05, 0) is 27.7 Å². The molecule has 0 N–H and O–H groups in total. The lowest BCUT2D eigenvalue weighted by Gasteiger charge is -2.36. The van der Waals surface area contributed by atoms with Crippen molar-refractivity contribution < 1.29 is 4.74 Å². The predicted molar refractivity (Wildman–Crippen MR) is 89.8 cm³/mol. The highest BCUT2D eigenvalue weighted by Gasteiger charge is 2.23. The summed E-state index contributed by atoms with van der Waals surface area (Å²) in [6.45, 7) is 16.7. The SMILES string of the molecule is CC(C)(S)CN(CCN1CCOCC1)CC(C)(C)S. The van der Waals surface area contributed by atoms with Crippen molar-refractivity contribution in [3.05, 3.63) is 0 Å². The Kier molecular flexibility index (Phi) is 7.01. The standard InChI is InChI=1S/C14H30N2OS2/c1-13(2,18)11-16(12-14(3,4)19)6-5-15-7-9-17-10-8-15/h18-19H,5-12H2,1-4H3. The predicted octanol–water partition coefficient (Wildman–Crippen LogP) is 2.04. The largest absolute Gasteiger partial charge is 0.379 e. The van der Waals surface area contributed by atoms with E-state index >= 15 is 0 Å². The van der Waals surface area contributed by atoms with E-state index < -0.39 is 0 Å². The molecule has 114 valence electrons. The molecule has 19 heavy (non-hydrogen) atoms. The average Bonchev–Trinajstić information content (AvgIpc) is 2.23. The number of rotatable bonds is 7. The number of thiol groups is 2. The fourth-order valence-corrected chi connectivity index (χ4v) is 2.82. The Labute approximate surface area is 129 Å². The minimum Gasteiger partial charge on any atom is -0.379 e. The van der Waals surface area contributed by atoms with Gasteiger partial charge in [0, 0.05) is 48.8 Å². The summed E-state index contributed by atoms with van der Waals surface area (Å²) in [4.78, 5) is 4.96. The van der Waals surface area contributed by atoms with Crippen molar-refractivity contribution in [3.63, 3.8) is 0 Å². The quantitative estimate of drug-likeness (QED) is 0.701. The van der Waals surface area contributed by atoms with Crippen LogP contribution in [0.4, 0.5) is 0 Å². The number of morpholine rings is 1. The summed E-state index contributed by atoms with van der Waals surface area (Å²) in [6.07, 6.45) is 0. The van der Waals surface area contributed by atoms with Crippen LogP contribution in [-0.4, -0.2) is 71.8 Å². The highest BCUT2D eigenvalue weighted by Crippen LogP contribution is 2.19. The van der Waals surface area contributed by atoms with Crippen molar-refractivity contribution in [1.29, 1.82) is 0 Å². The molecule has 0 saturated carbocycles. The summed E-state index contributed by atoms with van der Waals surface area (Å²) < 4.78 is 5.45.